The number of primary amides is 1. The first-order chi connectivity index (χ1) is 26.6. The normalized spacial score (nSPS) is 21.9. The van der Waals surface area contributed by atoms with E-state index in [1.165, 1.54) is 11.9 Å². The Hall–Kier alpha value is -4.69. The van der Waals surface area contributed by atoms with Gasteiger partial charge in [-0.15, -0.1) is 12.3 Å². The van der Waals surface area contributed by atoms with E-state index in [0.717, 1.165) is 30.6 Å². The maximum atomic E-state index is 14.6. The van der Waals surface area contributed by atoms with Gasteiger partial charge in [-0.2, -0.15) is 17.0 Å². The second kappa shape index (κ2) is 18.3. The molecule has 2 saturated carbocycles. The Balaban J connectivity index is 1.51. The fraction of sp³-hybridized carbons (Fsp3) is 0.650. The molecule has 57 heavy (non-hydrogen) atoms. The van der Waals surface area contributed by atoms with Crippen LogP contribution in [0.15, 0.2) is 30.3 Å². The van der Waals surface area contributed by atoms with Gasteiger partial charge in [0.05, 0.1) is 6.04 Å². The number of piperidine rings is 1. The van der Waals surface area contributed by atoms with Gasteiger partial charge < -0.3 is 31.3 Å². The number of ketones is 1. The van der Waals surface area contributed by atoms with Crippen LogP contribution in [-0.4, -0.2) is 109 Å². The minimum atomic E-state index is -4.38. The first-order valence-electron chi connectivity index (χ1n) is 19.5. The number of ether oxygens (including phenoxy) is 1. The second-order valence-electron chi connectivity index (χ2n) is 17.1. The van der Waals surface area contributed by atoms with Gasteiger partial charge in [0.25, 0.3) is 5.91 Å². The van der Waals surface area contributed by atoms with Crippen molar-refractivity contribution in [1.82, 2.24) is 29.5 Å². The predicted octanol–water partition coefficient (Wildman–Crippen LogP) is 2.53. The van der Waals surface area contributed by atoms with Gasteiger partial charge in [0, 0.05) is 39.6 Å². The van der Waals surface area contributed by atoms with E-state index in [1.54, 1.807) is 30.3 Å². The number of fused-ring (bicyclic) bond motifs is 1. The molecule has 5 N–H and O–H groups in total. The number of nitrogens with two attached hydrogens (primary N) is 1. The summed E-state index contributed by atoms with van der Waals surface area (Å²) in [7, 11) is -2.00. The summed E-state index contributed by atoms with van der Waals surface area (Å²) in [4.78, 5) is 81.2. The lowest BCUT2D eigenvalue weighted by Crippen LogP contribution is -2.62. The van der Waals surface area contributed by atoms with Crippen LogP contribution in [0.1, 0.15) is 85.1 Å². The quantitative estimate of drug-likeness (QED) is 0.142. The molecular weight excluding hydrogens is 755 g/mol. The molecule has 6 atom stereocenters. The van der Waals surface area contributed by atoms with E-state index in [0.29, 0.717) is 22.7 Å². The average molecular weight is 814 g/mol. The smallest absolute Gasteiger partial charge is 0.424 e. The van der Waals surface area contributed by atoms with Crippen molar-refractivity contribution in [2.75, 3.05) is 27.2 Å². The maximum absolute atomic E-state index is 14.6. The molecule has 1 heterocycles. The largest absolute Gasteiger partial charge is 0.444 e. The van der Waals surface area contributed by atoms with Gasteiger partial charge >= 0.3 is 22.3 Å². The van der Waals surface area contributed by atoms with Crippen molar-refractivity contribution < 1.29 is 41.9 Å². The number of urea groups is 1. The molecule has 1 aromatic carbocycles. The highest BCUT2D eigenvalue weighted by Gasteiger charge is 2.69. The number of hydrogen-bond donors (Lipinski definition) is 4. The van der Waals surface area contributed by atoms with E-state index in [-0.39, 0.29) is 55.7 Å². The zero-order valence-electron chi connectivity index (χ0n) is 34.1. The first-order valence-corrected chi connectivity index (χ1v) is 20.9. The van der Waals surface area contributed by atoms with E-state index < -0.39 is 75.4 Å². The van der Waals surface area contributed by atoms with Crippen LogP contribution in [0, 0.1) is 40.9 Å². The van der Waals surface area contributed by atoms with Crippen LogP contribution in [0.5, 0.6) is 0 Å². The molecule has 314 valence electrons. The standard InChI is InChI=1S/C40H59N7O9S/c1-9-10-21-28(33(48)34(41)49)42-35(50)32-30-27(40(30,5)6)22-47(32)36(51)31(26-19-15-12-16-20-26)44-37(52)43-29(39(2,3)4)23-45(7)57(54,55)46(8)38(53)56-24-25-17-13-11-14-18-25/h1,11,13-14,17-18,26-32H,10,12,15-16,19-24H2,2-8H3,(H2,41,49)(H,42,50)(H2,43,44,52)/t27-,28?,29+,30-,31-,32-/m0/s1. The molecule has 2 aliphatic carbocycles. The SMILES string of the molecule is C#CCCC(NC(=O)[C@@H]1[C@@H]2[C@H](CN1C(=O)[C@@H](NC(=O)N[C@H](CN(C)S(=O)(=O)N(C)C(=O)OCc1ccccc1)C(C)(C)C)C1CCCCC1)C2(C)C)C(=O)C(N)=O. The summed E-state index contributed by atoms with van der Waals surface area (Å²) < 4.78 is 33.7. The molecule has 16 nitrogen and oxygen atoms in total. The highest BCUT2D eigenvalue weighted by Crippen LogP contribution is 2.65. The first kappa shape index (κ1) is 45.0. The second-order valence-corrected chi connectivity index (χ2v) is 19.2. The number of terminal acetylenes is 1. The maximum Gasteiger partial charge on any atom is 0.424 e. The molecule has 1 saturated heterocycles. The van der Waals surface area contributed by atoms with E-state index in [9.17, 15) is 37.2 Å². The molecule has 0 radical (unpaired) electrons. The lowest BCUT2D eigenvalue weighted by atomic mass is 9.83. The number of nitrogens with zero attached hydrogens (tertiary/aromatic N) is 3. The third kappa shape index (κ3) is 10.6. The average Bonchev–Trinajstić information content (AvgIpc) is 3.46. The molecule has 6 amide bonds. The van der Waals surface area contributed by atoms with Crippen LogP contribution in [0.25, 0.3) is 0 Å². The van der Waals surface area contributed by atoms with E-state index in [2.05, 4.69) is 21.9 Å². The number of amides is 6. The molecule has 0 bridgehead atoms. The van der Waals surface area contributed by atoms with Crippen molar-refractivity contribution in [3.8, 4) is 12.3 Å². The summed E-state index contributed by atoms with van der Waals surface area (Å²) in [5.74, 6) is -1.31. The minimum absolute atomic E-state index is 0.00530. The molecule has 0 spiro atoms. The Labute approximate surface area is 336 Å². The molecule has 0 aromatic heterocycles. The van der Waals surface area contributed by atoms with E-state index >= 15 is 0 Å². The zero-order chi connectivity index (χ0) is 42.5. The number of likely N-dealkylation sites (N-methyl/N-ethyl adjacent to an activating group) is 1. The van der Waals surface area contributed by atoms with Crippen LogP contribution < -0.4 is 21.7 Å². The molecular formula is C40H59N7O9S. The minimum Gasteiger partial charge on any atom is -0.444 e. The van der Waals surface area contributed by atoms with Gasteiger partial charge in [0.1, 0.15) is 18.7 Å². The number of hydrogen-bond acceptors (Lipinski definition) is 9. The molecule has 17 heteroatoms. The third-order valence-corrected chi connectivity index (χ3v) is 13.7. The molecule has 1 aliphatic heterocycles. The fourth-order valence-corrected chi connectivity index (χ4v) is 9.10. The summed E-state index contributed by atoms with van der Waals surface area (Å²) >= 11 is 0. The van der Waals surface area contributed by atoms with Crippen molar-refractivity contribution >= 4 is 45.8 Å². The number of carbonyl (C=O) groups is 6. The molecule has 1 unspecified atom stereocenters. The number of likely N-dealkylation sites (tertiary alicyclic amines) is 1. The van der Waals surface area contributed by atoms with Crippen molar-refractivity contribution in [3.63, 3.8) is 0 Å². The number of rotatable bonds is 16. The summed E-state index contributed by atoms with van der Waals surface area (Å²) in [6, 6.07) is 4.08. The Kier molecular flexibility index (Phi) is 14.4. The van der Waals surface area contributed by atoms with Gasteiger partial charge in [0.15, 0.2) is 0 Å². The lowest BCUT2D eigenvalue weighted by Gasteiger charge is -2.38. The molecule has 3 fully saturated rings. The molecule has 1 aromatic rings. The topological polar surface area (TPSA) is 218 Å². The Bertz CT molecular complexity index is 1820. The third-order valence-electron chi connectivity index (χ3n) is 11.9. The number of carbonyl (C=O) groups excluding carboxylic acids is 6. The molecule has 3 aliphatic rings. The van der Waals surface area contributed by atoms with E-state index in [4.69, 9.17) is 16.9 Å². The number of Topliss-reactive ketones (excluding diaryl/α,β-unsaturated/α-hetero) is 1. The fourth-order valence-electron chi connectivity index (χ4n) is 8.11. The summed E-state index contributed by atoms with van der Waals surface area (Å²) in [5.41, 5.74) is 4.99. The summed E-state index contributed by atoms with van der Waals surface area (Å²) in [5, 5.41) is 8.44. The monoisotopic (exact) mass is 813 g/mol. The zero-order valence-corrected chi connectivity index (χ0v) is 34.9. The van der Waals surface area contributed by atoms with Gasteiger partial charge in [-0.1, -0.05) is 84.2 Å². The lowest BCUT2D eigenvalue weighted by molar-refractivity contribution is -0.144. The number of benzene rings is 1. The highest BCUT2D eigenvalue weighted by molar-refractivity contribution is 7.87. The van der Waals surface area contributed by atoms with Crippen LogP contribution >= 0.6 is 0 Å². The van der Waals surface area contributed by atoms with Crippen molar-refractivity contribution in [3.05, 3.63) is 35.9 Å². The van der Waals surface area contributed by atoms with Crippen molar-refractivity contribution in [2.24, 2.45) is 34.3 Å². The van der Waals surface area contributed by atoms with Gasteiger partial charge in [0.2, 0.25) is 17.6 Å². The van der Waals surface area contributed by atoms with Gasteiger partial charge in [-0.3, -0.25) is 19.2 Å². The highest BCUT2D eigenvalue weighted by atomic mass is 32.2. The Morgan fingerprint density at radius 2 is 1.65 bits per heavy atom. The summed E-state index contributed by atoms with van der Waals surface area (Å²) in [6.07, 6.45) is 8.42. The van der Waals surface area contributed by atoms with Crippen LogP contribution in [0.3, 0.4) is 0 Å². The molecule has 4 rings (SSSR count). The summed E-state index contributed by atoms with van der Waals surface area (Å²) in [6.45, 7) is 9.39. The van der Waals surface area contributed by atoms with Crippen LogP contribution in [0.2, 0.25) is 0 Å². The number of nitrogens with one attached hydrogen (secondary N) is 3. The predicted molar refractivity (Wildman–Crippen MR) is 212 cm³/mol. The van der Waals surface area contributed by atoms with Crippen molar-refractivity contribution in [1.29, 1.82) is 0 Å². The Morgan fingerprint density at radius 1 is 1.02 bits per heavy atom. The van der Waals surface area contributed by atoms with Crippen LogP contribution in [0.4, 0.5) is 9.59 Å². The van der Waals surface area contributed by atoms with Crippen LogP contribution in [-0.2, 0) is 40.7 Å². The van der Waals surface area contributed by atoms with Gasteiger partial charge in [-0.05, 0) is 53.4 Å². The Morgan fingerprint density at radius 3 is 2.23 bits per heavy atom. The van der Waals surface area contributed by atoms with Crippen molar-refractivity contribution in [2.45, 2.75) is 110 Å². The van der Waals surface area contributed by atoms with Gasteiger partial charge in [-0.25, -0.2) is 9.59 Å². The van der Waals surface area contributed by atoms with E-state index in [1.807, 2.05) is 34.6 Å².